The number of rotatable bonds is 5. The fourth-order valence-electron chi connectivity index (χ4n) is 2.17. The zero-order chi connectivity index (χ0) is 13.9. The van der Waals surface area contributed by atoms with Gasteiger partial charge in [0.05, 0.1) is 4.90 Å². The fraction of sp³-hybridized carbons (Fsp3) is 0.667. The molecule has 1 aromatic rings. The van der Waals surface area contributed by atoms with Crippen LogP contribution in [0.2, 0.25) is 0 Å². The molecule has 19 heavy (non-hydrogen) atoms. The van der Waals surface area contributed by atoms with Crippen molar-refractivity contribution < 1.29 is 13.2 Å². The summed E-state index contributed by atoms with van der Waals surface area (Å²) in [7, 11) is 0.141. The van der Waals surface area contributed by atoms with Gasteiger partial charge in [-0.05, 0) is 26.0 Å². The second-order valence-corrected chi connectivity index (χ2v) is 7.64. The molecule has 7 heteroatoms. The van der Waals surface area contributed by atoms with Crippen molar-refractivity contribution in [1.29, 1.82) is 0 Å². The second kappa shape index (κ2) is 6.32. The summed E-state index contributed by atoms with van der Waals surface area (Å²) >= 11 is 1.47. The lowest BCUT2D eigenvalue weighted by Gasteiger charge is -2.30. The quantitative estimate of drug-likeness (QED) is 0.890. The van der Waals surface area contributed by atoms with E-state index in [2.05, 4.69) is 5.32 Å². The first kappa shape index (κ1) is 14.9. The van der Waals surface area contributed by atoms with Crippen molar-refractivity contribution in [3.05, 3.63) is 16.3 Å². The van der Waals surface area contributed by atoms with Gasteiger partial charge in [0.15, 0.2) is 0 Å². The smallest absolute Gasteiger partial charge is 0.243 e. The van der Waals surface area contributed by atoms with E-state index in [0.717, 1.165) is 17.7 Å². The summed E-state index contributed by atoms with van der Waals surface area (Å²) in [6, 6.07) is 1.80. The van der Waals surface area contributed by atoms with Crippen molar-refractivity contribution in [2.75, 3.05) is 27.3 Å². The maximum Gasteiger partial charge on any atom is 0.243 e. The lowest BCUT2D eigenvalue weighted by atomic mass is 10.1. The molecule has 0 amide bonds. The Morgan fingerprint density at radius 2 is 2.16 bits per heavy atom. The van der Waals surface area contributed by atoms with Crippen LogP contribution < -0.4 is 5.32 Å². The van der Waals surface area contributed by atoms with Crippen LogP contribution in [0.25, 0.3) is 0 Å². The van der Waals surface area contributed by atoms with Crippen molar-refractivity contribution in [1.82, 2.24) is 9.62 Å². The molecular weight excluding hydrogens is 284 g/mol. The summed E-state index contributed by atoms with van der Waals surface area (Å²) in [5.74, 6) is 0. The van der Waals surface area contributed by atoms with Crippen LogP contribution >= 0.6 is 11.3 Å². The van der Waals surface area contributed by atoms with Gasteiger partial charge < -0.3 is 10.1 Å². The van der Waals surface area contributed by atoms with Crippen molar-refractivity contribution >= 4 is 21.4 Å². The molecular formula is C12H20N2O3S2. The Labute approximate surface area is 118 Å². The van der Waals surface area contributed by atoms with Gasteiger partial charge in [-0.15, -0.1) is 11.3 Å². The normalized spacial score (nSPS) is 18.1. The third kappa shape index (κ3) is 3.35. The van der Waals surface area contributed by atoms with Gasteiger partial charge >= 0.3 is 0 Å². The first-order chi connectivity index (χ1) is 9.05. The van der Waals surface area contributed by atoms with Gasteiger partial charge in [0, 0.05) is 43.1 Å². The topological polar surface area (TPSA) is 58.6 Å². The minimum Gasteiger partial charge on any atom is -0.381 e. The van der Waals surface area contributed by atoms with Crippen LogP contribution in [-0.2, 0) is 21.3 Å². The molecule has 0 saturated carbocycles. The van der Waals surface area contributed by atoms with Crippen molar-refractivity contribution in [2.45, 2.75) is 30.3 Å². The van der Waals surface area contributed by atoms with E-state index >= 15 is 0 Å². The third-order valence-electron chi connectivity index (χ3n) is 3.36. The van der Waals surface area contributed by atoms with Gasteiger partial charge in [-0.1, -0.05) is 0 Å². The van der Waals surface area contributed by atoms with Crippen LogP contribution in [0.15, 0.2) is 16.3 Å². The Hall–Kier alpha value is -0.470. The standard InChI is InChI=1S/C12H20N2O3S2/c1-13-8-11-7-12(9-18-11)19(15,16)14(2)10-3-5-17-6-4-10/h7,9-10,13H,3-6,8H2,1-2H3. The zero-order valence-corrected chi connectivity index (χ0v) is 12.9. The van der Waals surface area contributed by atoms with Gasteiger partial charge in [0.2, 0.25) is 10.0 Å². The van der Waals surface area contributed by atoms with Crippen LogP contribution in [-0.4, -0.2) is 46.1 Å². The predicted molar refractivity (Wildman–Crippen MR) is 75.9 cm³/mol. The van der Waals surface area contributed by atoms with Crippen LogP contribution in [0.3, 0.4) is 0 Å². The average Bonchev–Trinajstić information content (AvgIpc) is 2.89. The second-order valence-electron chi connectivity index (χ2n) is 4.64. The van der Waals surface area contributed by atoms with Gasteiger partial charge in [-0.25, -0.2) is 8.42 Å². The van der Waals surface area contributed by atoms with E-state index in [0.29, 0.717) is 24.7 Å². The van der Waals surface area contributed by atoms with Crippen LogP contribution in [0.5, 0.6) is 0 Å². The molecule has 0 unspecified atom stereocenters. The number of hydrogen-bond donors (Lipinski definition) is 1. The first-order valence-corrected chi connectivity index (χ1v) is 8.65. The summed E-state index contributed by atoms with van der Waals surface area (Å²) < 4.78 is 31.8. The van der Waals surface area contributed by atoms with Crippen molar-refractivity contribution in [3.8, 4) is 0 Å². The highest BCUT2D eigenvalue weighted by atomic mass is 32.2. The first-order valence-electron chi connectivity index (χ1n) is 6.33. The average molecular weight is 304 g/mol. The number of nitrogens with one attached hydrogen (secondary N) is 1. The highest BCUT2D eigenvalue weighted by molar-refractivity contribution is 7.89. The van der Waals surface area contributed by atoms with Gasteiger partial charge in [-0.3, -0.25) is 0 Å². The summed E-state index contributed by atoms with van der Waals surface area (Å²) in [6.07, 6.45) is 1.53. The van der Waals surface area contributed by atoms with Crippen molar-refractivity contribution in [3.63, 3.8) is 0 Å². The highest BCUT2D eigenvalue weighted by Gasteiger charge is 2.29. The van der Waals surface area contributed by atoms with E-state index in [4.69, 9.17) is 4.74 Å². The molecule has 108 valence electrons. The zero-order valence-electron chi connectivity index (χ0n) is 11.3. The van der Waals surface area contributed by atoms with E-state index in [1.165, 1.54) is 15.6 Å². The molecule has 0 bridgehead atoms. The molecule has 0 aliphatic carbocycles. The van der Waals surface area contributed by atoms with E-state index in [-0.39, 0.29) is 6.04 Å². The molecule has 1 aliphatic heterocycles. The number of ether oxygens (including phenoxy) is 1. The molecule has 1 aromatic heterocycles. The molecule has 1 aliphatic rings. The van der Waals surface area contributed by atoms with Gasteiger partial charge in [0.25, 0.3) is 0 Å². The Bertz CT molecular complexity index is 507. The highest BCUT2D eigenvalue weighted by Crippen LogP contribution is 2.25. The number of hydrogen-bond acceptors (Lipinski definition) is 5. The summed E-state index contributed by atoms with van der Waals surface area (Å²) in [5, 5.41) is 4.75. The minimum absolute atomic E-state index is 0.0476. The lowest BCUT2D eigenvalue weighted by molar-refractivity contribution is 0.0632. The molecule has 5 nitrogen and oxygen atoms in total. The Balaban J connectivity index is 2.15. The minimum atomic E-state index is -3.38. The number of nitrogens with zero attached hydrogens (tertiary/aromatic N) is 1. The lowest BCUT2D eigenvalue weighted by Crippen LogP contribution is -2.40. The molecule has 0 atom stereocenters. The Morgan fingerprint density at radius 3 is 2.79 bits per heavy atom. The molecule has 0 spiro atoms. The SMILES string of the molecule is CNCc1cc(S(=O)(=O)N(C)C2CCOCC2)cs1. The van der Waals surface area contributed by atoms with Gasteiger partial charge in [0.1, 0.15) is 0 Å². The van der Waals surface area contributed by atoms with E-state index in [9.17, 15) is 8.42 Å². The maximum absolute atomic E-state index is 12.5. The monoisotopic (exact) mass is 304 g/mol. The van der Waals surface area contributed by atoms with Crippen molar-refractivity contribution in [2.24, 2.45) is 0 Å². The third-order valence-corrected chi connectivity index (χ3v) is 6.34. The molecule has 2 heterocycles. The molecule has 0 radical (unpaired) electrons. The van der Waals surface area contributed by atoms with Crippen LogP contribution in [0.1, 0.15) is 17.7 Å². The number of sulfonamides is 1. The molecule has 2 rings (SSSR count). The van der Waals surface area contributed by atoms with Crippen LogP contribution in [0, 0.1) is 0 Å². The summed E-state index contributed by atoms with van der Waals surface area (Å²) in [4.78, 5) is 1.43. The van der Waals surface area contributed by atoms with E-state index < -0.39 is 10.0 Å². The van der Waals surface area contributed by atoms with Crippen LogP contribution in [0.4, 0.5) is 0 Å². The fourth-order valence-corrected chi connectivity index (χ4v) is 4.86. The van der Waals surface area contributed by atoms with Gasteiger partial charge in [-0.2, -0.15) is 4.31 Å². The number of thiophene rings is 1. The molecule has 1 fully saturated rings. The Morgan fingerprint density at radius 1 is 1.47 bits per heavy atom. The Kier molecular flexibility index (Phi) is 4.97. The molecule has 1 saturated heterocycles. The van der Waals surface area contributed by atoms with E-state index in [1.54, 1.807) is 18.5 Å². The maximum atomic E-state index is 12.5. The molecule has 0 aromatic carbocycles. The largest absolute Gasteiger partial charge is 0.381 e. The predicted octanol–water partition coefficient (Wildman–Crippen LogP) is 1.27. The molecule has 1 N–H and O–H groups in total. The van der Waals surface area contributed by atoms with E-state index in [1.807, 2.05) is 7.05 Å². The summed E-state index contributed by atoms with van der Waals surface area (Å²) in [6.45, 7) is 1.97. The summed E-state index contributed by atoms with van der Waals surface area (Å²) in [5.41, 5.74) is 0.